The fraction of sp³-hybridized carbons (Fsp3) is 0.533. The molecule has 0 unspecified atom stereocenters. The molecule has 0 aliphatic carbocycles. The highest BCUT2D eigenvalue weighted by molar-refractivity contribution is 7.91. The highest BCUT2D eigenvalue weighted by Gasteiger charge is 2.31. The maximum absolute atomic E-state index is 11.5. The number of aliphatic hydroxyl groups excluding tert-OH is 1. The second kappa shape index (κ2) is 7.09. The Morgan fingerprint density at radius 1 is 1.45 bits per heavy atom. The zero-order valence-electron chi connectivity index (χ0n) is 12.5. The summed E-state index contributed by atoms with van der Waals surface area (Å²) >= 11 is 0. The monoisotopic (exact) mass is 324 g/mol. The third-order valence-electron chi connectivity index (χ3n) is 3.76. The summed E-state index contributed by atoms with van der Waals surface area (Å²) in [4.78, 5) is 1.87. The Balaban J connectivity index is 1.77. The van der Waals surface area contributed by atoms with Crippen molar-refractivity contribution in [2.75, 3.05) is 31.7 Å². The van der Waals surface area contributed by atoms with Gasteiger partial charge in [0.25, 0.3) is 0 Å². The van der Waals surface area contributed by atoms with E-state index in [1.807, 2.05) is 18.0 Å². The fourth-order valence-corrected chi connectivity index (χ4v) is 4.28. The molecule has 0 spiro atoms. The Kier molecular flexibility index (Phi) is 5.40. The number of rotatable bonds is 6. The number of nitrogens with zero attached hydrogens (tertiary/aromatic N) is 2. The number of benzene rings is 1. The van der Waals surface area contributed by atoms with Crippen LogP contribution in [-0.4, -0.2) is 62.3 Å². The van der Waals surface area contributed by atoms with Crippen molar-refractivity contribution < 1.29 is 18.3 Å². The summed E-state index contributed by atoms with van der Waals surface area (Å²) in [5.74, 6) is 0.969. The van der Waals surface area contributed by atoms with Crippen molar-refractivity contribution in [2.45, 2.75) is 18.6 Å². The van der Waals surface area contributed by atoms with Crippen LogP contribution in [0.15, 0.2) is 24.3 Å². The van der Waals surface area contributed by atoms with Crippen molar-refractivity contribution in [2.24, 2.45) is 0 Å². The smallest absolute Gasteiger partial charge is 0.151 e. The quantitative estimate of drug-likeness (QED) is 0.815. The first-order valence-electron chi connectivity index (χ1n) is 7.11. The molecule has 1 fully saturated rings. The first kappa shape index (κ1) is 16.7. The van der Waals surface area contributed by atoms with Crippen LogP contribution in [0, 0.1) is 11.3 Å². The summed E-state index contributed by atoms with van der Waals surface area (Å²) in [5, 5.41) is 18.7. The molecule has 1 aliphatic rings. The average Bonchev–Trinajstić information content (AvgIpc) is 2.86. The predicted octanol–water partition coefficient (Wildman–Crippen LogP) is 0.417. The molecular weight excluding hydrogens is 304 g/mol. The molecular formula is C15H20N2O4S. The van der Waals surface area contributed by atoms with Crippen molar-refractivity contribution in [3.8, 4) is 11.8 Å². The minimum atomic E-state index is -2.92. The third kappa shape index (κ3) is 4.70. The molecule has 0 amide bonds. The van der Waals surface area contributed by atoms with Crippen LogP contribution in [-0.2, 0) is 9.84 Å². The molecule has 120 valence electrons. The molecule has 6 nitrogen and oxygen atoms in total. The molecule has 0 aromatic heterocycles. The molecule has 1 heterocycles. The van der Waals surface area contributed by atoms with Gasteiger partial charge in [0, 0.05) is 12.6 Å². The highest BCUT2D eigenvalue weighted by atomic mass is 32.2. The summed E-state index contributed by atoms with van der Waals surface area (Å²) in [6, 6.07) is 8.65. The van der Waals surface area contributed by atoms with E-state index in [1.54, 1.807) is 24.3 Å². The second-order valence-electron chi connectivity index (χ2n) is 5.60. The highest BCUT2D eigenvalue weighted by Crippen LogP contribution is 2.17. The van der Waals surface area contributed by atoms with Gasteiger partial charge in [0.05, 0.1) is 23.1 Å². The largest absolute Gasteiger partial charge is 0.491 e. The zero-order chi connectivity index (χ0) is 16.2. The minimum absolute atomic E-state index is 0.0328. The van der Waals surface area contributed by atoms with E-state index in [2.05, 4.69) is 0 Å². The topological polar surface area (TPSA) is 90.6 Å². The van der Waals surface area contributed by atoms with Gasteiger partial charge >= 0.3 is 0 Å². The third-order valence-corrected chi connectivity index (χ3v) is 5.51. The molecule has 1 aromatic carbocycles. The zero-order valence-corrected chi connectivity index (χ0v) is 13.3. The Morgan fingerprint density at radius 2 is 2.14 bits per heavy atom. The number of hydrogen-bond donors (Lipinski definition) is 1. The van der Waals surface area contributed by atoms with Crippen LogP contribution in [0.4, 0.5) is 0 Å². The Morgan fingerprint density at radius 3 is 2.68 bits per heavy atom. The van der Waals surface area contributed by atoms with Gasteiger partial charge in [-0.05, 0) is 37.7 Å². The van der Waals surface area contributed by atoms with Gasteiger partial charge in [-0.1, -0.05) is 0 Å². The van der Waals surface area contributed by atoms with Crippen LogP contribution < -0.4 is 4.74 Å². The lowest BCUT2D eigenvalue weighted by Crippen LogP contribution is -2.40. The van der Waals surface area contributed by atoms with E-state index in [-0.39, 0.29) is 24.2 Å². The van der Waals surface area contributed by atoms with Crippen LogP contribution in [0.5, 0.6) is 5.75 Å². The van der Waals surface area contributed by atoms with Gasteiger partial charge in [0.15, 0.2) is 9.84 Å². The van der Waals surface area contributed by atoms with Crippen molar-refractivity contribution in [1.29, 1.82) is 5.26 Å². The lowest BCUT2D eigenvalue weighted by atomic mass is 10.2. The van der Waals surface area contributed by atoms with Gasteiger partial charge in [-0.25, -0.2) is 8.42 Å². The molecule has 0 saturated carbocycles. The number of nitriles is 1. The molecule has 0 radical (unpaired) electrons. The van der Waals surface area contributed by atoms with E-state index in [9.17, 15) is 13.5 Å². The number of ether oxygens (including phenoxy) is 1. The van der Waals surface area contributed by atoms with Gasteiger partial charge in [-0.15, -0.1) is 0 Å². The summed E-state index contributed by atoms with van der Waals surface area (Å²) < 4.78 is 28.4. The van der Waals surface area contributed by atoms with Crippen LogP contribution >= 0.6 is 0 Å². The Labute approximate surface area is 130 Å². The first-order chi connectivity index (χ1) is 10.4. The normalized spacial score (nSPS) is 21.5. The minimum Gasteiger partial charge on any atom is -0.491 e. The van der Waals surface area contributed by atoms with Gasteiger partial charge in [-0.2, -0.15) is 5.26 Å². The second-order valence-corrected chi connectivity index (χ2v) is 7.83. The Hall–Kier alpha value is -1.62. The number of hydrogen-bond acceptors (Lipinski definition) is 6. The first-order valence-corrected chi connectivity index (χ1v) is 8.93. The summed E-state index contributed by atoms with van der Waals surface area (Å²) in [6.45, 7) is 0.478. The molecule has 1 N–H and O–H groups in total. The molecule has 1 aromatic rings. The van der Waals surface area contributed by atoms with Crippen LogP contribution in [0.3, 0.4) is 0 Å². The van der Waals surface area contributed by atoms with Gasteiger partial charge in [-0.3, -0.25) is 4.90 Å². The lowest BCUT2D eigenvalue weighted by Gasteiger charge is -2.25. The summed E-state index contributed by atoms with van der Waals surface area (Å²) in [7, 11) is -1.10. The Bertz CT molecular complexity index is 637. The van der Waals surface area contributed by atoms with Crippen LogP contribution in [0.2, 0.25) is 0 Å². The molecule has 1 aliphatic heterocycles. The van der Waals surface area contributed by atoms with Gasteiger partial charge in [0.1, 0.15) is 18.5 Å². The summed E-state index contributed by atoms with van der Waals surface area (Å²) in [6.07, 6.45) is -0.0916. The van der Waals surface area contributed by atoms with Gasteiger partial charge in [0.2, 0.25) is 0 Å². The fourth-order valence-electron chi connectivity index (χ4n) is 2.48. The van der Waals surface area contributed by atoms with E-state index in [0.717, 1.165) is 0 Å². The van der Waals surface area contributed by atoms with Crippen LogP contribution in [0.1, 0.15) is 12.0 Å². The molecule has 7 heteroatoms. The van der Waals surface area contributed by atoms with Crippen molar-refractivity contribution >= 4 is 9.84 Å². The maximum Gasteiger partial charge on any atom is 0.151 e. The standard InChI is InChI=1S/C15H20N2O4S/c1-17(13-6-7-22(19,20)11-13)9-14(18)10-21-15-4-2-12(8-16)3-5-15/h2-5,13-14,18H,6-7,9-11H2,1H3/t13-,14+/m0/s1. The molecule has 22 heavy (non-hydrogen) atoms. The van der Waals surface area contributed by atoms with E-state index in [0.29, 0.717) is 24.3 Å². The van der Waals surface area contributed by atoms with Crippen molar-refractivity contribution in [1.82, 2.24) is 4.90 Å². The van der Waals surface area contributed by atoms with E-state index in [4.69, 9.17) is 10.00 Å². The van der Waals surface area contributed by atoms with E-state index >= 15 is 0 Å². The number of aliphatic hydroxyl groups is 1. The maximum atomic E-state index is 11.5. The predicted molar refractivity (Wildman–Crippen MR) is 82.3 cm³/mol. The lowest BCUT2D eigenvalue weighted by molar-refractivity contribution is 0.0664. The van der Waals surface area contributed by atoms with E-state index in [1.165, 1.54) is 0 Å². The van der Waals surface area contributed by atoms with Crippen LogP contribution in [0.25, 0.3) is 0 Å². The van der Waals surface area contributed by atoms with E-state index < -0.39 is 15.9 Å². The average molecular weight is 324 g/mol. The number of sulfone groups is 1. The number of likely N-dealkylation sites (N-methyl/N-ethyl adjacent to an activating group) is 1. The molecule has 1 saturated heterocycles. The molecule has 2 rings (SSSR count). The SMILES string of the molecule is CN(C[C@@H](O)COc1ccc(C#N)cc1)[C@H]1CCS(=O)(=O)C1. The van der Waals surface area contributed by atoms with Gasteiger partial charge < -0.3 is 9.84 Å². The molecule has 2 atom stereocenters. The van der Waals surface area contributed by atoms with Crippen molar-refractivity contribution in [3.63, 3.8) is 0 Å². The van der Waals surface area contributed by atoms with Crippen molar-refractivity contribution in [3.05, 3.63) is 29.8 Å². The molecule has 0 bridgehead atoms. The summed E-state index contributed by atoms with van der Waals surface area (Å²) in [5.41, 5.74) is 0.551.